The van der Waals surface area contributed by atoms with Crippen molar-refractivity contribution >= 4 is 34.6 Å². The first-order valence-electron chi connectivity index (χ1n) is 5.18. The van der Waals surface area contributed by atoms with E-state index in [0.717, 1.165) is 10.2 Å². The van der Waals surface area contributed by atoms with Crippen molar-refractivity contribution in [3.63, 3.8) is 0 Å². The molecule has 0 fully saturated rings. The van der Waals surface area contributed by atoms with Crippen LogP contribution in [-0.4, -0.2) is 11.4 Å². The molecule has 1 N–H and O–H groups in total. The highest BCUT2D eigenvalue weighted by atomic mass is 127. The molecule has 88 valence electrons. The molecule has 0 aliphatic carbocycles. The van der Waals surface area contributed by atoms with Crippen molar-refractivity contribution in [1.29, 1.82) is 0 Å². The van der Waals surface area contributed by atoms with Gasteiger partial charge in [0, 0.05) is 11.6 Å². The maximum atomic E-state index is 11.6. The Balaban J connectivity index is 2.55. The summed E-state index contributed by atoms with van der Waals surface area (Å²) in [4.78, 5) is 11.6. The third-order valence-corrected chi connectivity index (χ3v) is 2.92. The zero-order valence-electron chi connectivity index (χ0n) is 9.71. The molecule has 0 bridgehead atoms. The molecule has 1 aromatic rings. The van der Waals surface area contributed by atoms with Crippen LogP contribution in [0.1, 0.15) is 33.0 Å². The molecular formula is C12H16INO2. The standard InChI is InChI=1S/C12H16INO2/c1-4-12(2,3)14-11(15)8-6-9-5-7-10(13)16-9/h5-8H,4H2,1-3H3,(H,14,15)/b8-6+. The number of nitrogens with one attached hydrogen (secondary N) is 1. The summed E-state index contributed by atoms with van der Waals surface area (Å²) in [6.07, 6.45) is 4.06. The molecule has 16 heavy (non-hydrogen) atoms. The third-order valence-electron chi connectivity index (χ3n) is 2.34. The van der Waals surface area contributed by atoms with Gasteiger partial charge in [0.1, 0.15) is 5.76 Å². The Bertz CT molecular complexity index is 393. The van der Waals surface area contributed by atoms with Crippen molar-refractivity contribution in [3.8, 4) is 0 Å². The number of carbonyl (C=O) groups excluding carboxylic acids is 1. The van der Waals surface area contributed by atoms with Crippen LogP contribution in [0.2, 0.25) is 0 Å². The van der Waals surface area contributed by atoms with Gasteiger partial charge in [0.05, 0.1) is 0 Å². The predicted molar refractivity (Wildman–Crippen MR) is 73.0 cm³/mol. The Hall–Kier alpha value is -0.780. The molecule has 1 amide bonds. The van der Waals surface area contributed by atoms with Gasteiger partial charge in [0.25, 0.3) is 0 Å². The van der Waals surface area contributed by atoms with Crippen LogP contribution in [0, 0.1) is 3.77 Å². The zero-order chi connectivity index (χ0) is 12.2. The minimum Gasteiger partial charge on any atom is -0.451 e. The van der Waals surface area contributed by atoms with Crippen LogP contribution in [0.15, 0.2) is 22.6 Å². The summed E-state index contributed by atoms with van der Waals surface area (Å²) < 4.78 is 6.12. The summed E-state index contributed by atoms with van der Waals surface area (Å²) in [7, 11) is 0. The average molecular weight is 333 g/mol. The summed E-state index contributed by atoms with van der Waals surface area (Å²) in [5, 5.41) is 2.91. The first kappa shape index (κ1) is 13.3. The van der Waals surface area contributed by atoms with E-state index >= 15 is 0 Å². The highest BCUT2D eigenvalue weighted by Gasteiger charge is 2.15. The Morgan fingerprint density at radius 1 is 1.56 bits per heavy atom. The first-order valence-corrected chi connectivity index (χ1v) is 6.26. The van der Waals surface area contributed by atoms with Crippen molar-refractivity contribution < 1.29 is 9.21 Å². The Labute approximate surface area is 109 Å². The normalized spacial score (nSPS) is 12.0. The van der Waals surface area contributed by atoms with Crippen LogP contribution in [0.4, 0.5) is 0 Å². The highest BCUT2D eigenvalue weighted by Crippen LogP contribution is 2.11. The fourth-order valence-corrected chi connectivity index (χ4v) is 1.47. The molecule has 0 aromatic carbocycles. The number of carbonyl (C=O) groups is 1. The Kier molecular flexibility index (Phi) is 4.58. The number of hydrogen-bond donors (Lipinski definition) is 1. The number of halogens is 1. The lowest BCUT2D eigenvalue weighted by atomic mass is 10.0. The maximum Gasteiger partial charge on any atom is 0.244 e. The molecule has 1 heterocycles. The molecule has 3 nitrogen and oxygen atoms in total. The van der Waals surface area contributed by atoms with Gasteiger partial charge in [-0.15, -0.1) is 0 Å². The van der Waals surface area contributed by atoms with Crippen molar-refractivity contribution in [1.82, 2.24) is 5.32 Å². The molecule has 0 saturated carbocycles. The van der Waals surface area contributed by atoms with Gasteiger partial charge in [0.15, 0.2) is 3.77 Å². The summed E-state index contributed by atoms with van der Waals surface area (Å²) in [6, 6.07) is 3.69. The van der Waals surface area contributed by atoms with Crippen molar-refractivity contribution in [2.45, 2.75) is 32.7 Å². The van der Waals surface area contributed by atoms with E-state index < -0.39 is 0 Å². The smallest absolute Gasteiger partial charge is 0.244 e. The average Bonchev–Trinajstić information content (AvgIpc) is 2.61. The van der Waals surface area contributed by atoms with Crippen LogP contribution < -0.4 is 5.32 Å². The zero-order valence-corrected chi connectivity index (χ0v) is 11.9. The van der Waals surface area contributed by atoms with E-state index in [1.807, 2.05) is 32.9 Å². The van der Waals surface area contributed by atoms with Gasteiger partial charge in [-0.2, -0.15) is 0 Å². The van der Waals surface area contributed by atoms with E-state index in [0.29, 0.717) is 5.76 Å². The van der Waals surface area contributed by atoms with E-state index in [1.54, 1.807) is 6.08 Å². The first-order chi connectivity index (χ1) is 7.43. The third kappa shape index (κ3) is 4.38. The van der Waals surface area contributed by atoms with Gasteiger partial charge in [-0.1, -0.05) is 6.92 Å². The molecule has 0 radical (unpaired) electrons. The van der Waals surface area contributed by atoms with Crippen LogP contribution >= 0.6 is 22.6 Å². The molecule has 0 aliphatic rings. The monoisotopic (exact) mass is 333 g/mol. The second-order valence-corrected chi connectivity index (χ2v) is 5.27. The second kappa shape index (κ2) is 5.52. The van der Waals surface area contributed by atoms with Crippen LogP contribution in [0.3, 0.4) is 0 Å². The SMILES string of the molecule is CCC(C)(C)NC(=O)/C=C/c1ccc(I)o1. The number of rotatable bonds is 4. The molecule has 0 aliphatic heterocycles. The largest absolute Gasteiger partial charge is 0.451 e. The summed E-state index contributed by atoms with van der Waals surface area (Å²) in [5.74, 6) is 0.590. The molecule has 1 aromatic heterocycles. The predicted octanol–water partition coefficient (Wildman–Crippen LogP) is 3.20. The van der Waals surface area contributed by atoms with Gasteiger partial charge < -0.3 is 9.73 Å². The molecule has 0 spiro atoms. The summed E-state index contributed by atoms with van der Waals surface area (Å²) in [5.41, 5.74) is -0.168. The summed E-state index contributed by atoms with van der Waals surface area (Å²) >= 11 is 2.08. The van der Waals surface area contributed by atoms with Gasteiger partial charge in [-0.25, -0.2) is 0 Å². The van der Waals surface area contributed by atoms with E-state index in [2.05, 4.69) is 27.9 Å². The van der Waals surface area contributed by atoms with E-state index in [4.69, 9.17) is 4.42 Å². The van der Waals surface area contributed by atoms with Crippen molar-refractivity contribution in [3.05, 3.63) is 27.7 Å². The van der Waals surface area contributed by atoms with E-state index in [1.165, 1.54) is 6.08 Å². The lowest BCUT2D eigenvalue weighted by Crippen LogP contribution is -2.41. The van der Waals surface area contributed by atoms with Crippen molar-refractivity contribution in [2.24, 2.45) is 0 Å². The fraction of sp³-hybridized carbons (Fsp3) is 0.417. The van der Waals surface area contributed by atoms with E-state index in [-0.39, 0.29) is 11.4 Å². The molecule has 0 unspecified atom stereocenters. The van der Waals surface area contributed by atoms with Gasteiger partial charge in [-0.05, 0) is 61.1 Å². The molecule has 1 rings (SSSR count). The quantitative estimate of drug-likeness (QED) is 0.679. The second-order valence-electron chi connectivity index (χ2n) is 4.20. The topological polar surface area (TPSA) is 42.2 Å². The van der Waals surface area contributed by atoms with Crippen LogP contribution in [0.25, 0.3) is 6.08 Å². The van der Waals surface area contributed by atoms with Crippen LogP contribution in [0.5, 0.6) is 0 Å². The minimum atomic E-state index is -0.168. The lowest BCUT2D eigenvalue weighted by Gasteiger charge is -2.23. The van der Waals surface area contributed by atoms with Crippen LogP contribution in [-0.2, 0) is 4.79 Å². The van der Waals surface area contributed by atoms with Gasteiger partial charge in [0.2, 0.25) is 5.91 Å². The van der Waals surface area contributed by atoms with Gasteiger partial charge >= 0.3 is 0 Å². The minimum absolute atomic E-state index is 0.0988. The number of hydrogen-bond acceptors (Lipinski definition) is 2. The molecule has 4 heteroatoms. The Morgan fingerprint density at radius 3 is 2.75 bits per heavy atom. The maximum absolute atomic E-state index is 11.6. The Morgan fingerprint density at radius 2 is 2.25 bits per heavy atom. The van der Waals surface area contributed by atoms with Crippen molar-refractivity contribution in [2.75, 3.05) is 0 Å². The number of amides is 1. The summed E-state index contributed by atoms with van der Waals surface area (Å²) in [6.45, 7) is 6.03. The lowest BCUT2D eigenvalue weighted by molar-refractivity contribution is -0.118. The molecule has 0 atom stereocenters. The van der Waals surface area contributed by atoms with E-state index in [9.17, 15) is 4.79 Å². The molecule has 0 saturated heterocycles. The fourth-order valence-electron chi connectivity index (χ4n) is 1.04. The number of furan rings is 1. The highest BCUT2D eigenvalue weighted by molar-refractivity contribution is 14.1. The molecular weight excluding hydrogens is 317 g/mol. The van der Waals surface area contributed by atoms with Gasteiger partial charge in [-0.3, -0.25) is 4.79 Å².